The fourth-order valence-corrected chi connectivity index (χ4v) is 5.94. The number of rotatable bonds is 8. The van der Waals surface area contributed by atoms with Crippen molar-refractivity contribution in [2.75, 3.05) is 25.2 Å². The van der Waals surface area contributed by atoms with Crippen molar-refractivity contribution in [1.29, 1.82) is 0 Å². The molecule has 8 heteroatoms. The zero-order valence-corrected chi connectivity index (χ0v) is 18.3. The summed E-state index contributed by atoms with van der Waals surface area (Å²) in [7, 11) is 1.33. The van der Waals surface area contributed by atoms with Crippen molar-refractivity contribution >= 4 is 29.6 Å². The molecule has 2 aliphatic rings. The van der Waals surface area contributed by atoms with Gasteiger partial charge in [-0.05, 0) is 43.9 Å². The molecule has 2 aliphatic heterocycles. The van der Waals surface area contributed by atoms with Crippen LogP contribution >= 0.6 is 11.8 Å². The minimum atomic E-state index is -0.960. The van der Waals surface area contributed by atoms with Crippen molar-refractivity contribution in [1.82, 2.24) is 10.2 Å². The summed E-state index contributed by atoms with van der Waals surface area (Å²) >= 11 is 1.82. The molecule has 1 aromatic carbocycles. The monoisotopic (exact) mass is 434 g/mol. The number of methoxy groups -OCH3 is 1. The molecule has 3 rings (SSSR count). The number of nitrogens with zero attached hydrogens (tertiary/aromatic N) is 1. The Kier molecular flexibility index (Phi) is 7.41. The predicted octanol–water partition coefficient (Wildman–Crippen LogP) is 1.95. The summed E-state index contributed by atoms with van der Waals surface area (Å²) in [6, 6.07) is 7.67. The SMILES string of the molecule is COC(=O)C(CCc1ccccc1)N[C@@H](C)C(=O)N1CC2(CCSC2)C[C@H]1C(=O)O. The van der Waals surface area contributed by atoms with Gasteiger partial charge in [-0.15, -0.1) is 0 Å². The van der Waals surface area contributed by atoms with E-state index >= 15 is 0 Å². The second-order valence-corrected chi connectivity index (χ2v) is 9.42. The Hall–Kier alpha value is -2.06. The van der Waals surface area contributed by atoms with E-state index in [4.69, 9.17) is 4.74 Å². The fourth-order valence-electron chi connectivity index (χ4n) is 4.43. The molecule has 0 aliphatic carbocycles. The molecule has 0 saturated carbocycles. The molecule has 0 radical (unpaired) electrons. The number of nitrogens with one attached hydrogen (secondary N) is 1. The molecule has 164 valence electrons. The molecule has 1 spiro atoms. The van der Waals surface area contributed by atoms with Crippen LogP contribution in [0.2, 0.25) is 0 Å². The highest BCUT2D eigenvalue weighted by atomic mass is 32.2. The maximum Gasteiger partial charge on any atom is 0.326 e. The Morgan fingerprint density at radius 1 is 1.33 bits per heavy atom. The zero-order chi connectivity index (χ0) is 21.7. The number of aliphatic carboxylic acids is 1. The van der Waals surface area contributed by atoms with E-state index in [1.54, 1.807) is 6.92 Å². The van der Waals surface area contributed by atoms with Crippen molar-refractivity contribution in [3.8, 4) is 0 Å². The van der Waals surface area contributed by atoms with Crippen molar-refractivity contribution < 1.29 is 24.2 Å². The van der Waals surface area contributed by atoms with E-state index in [1.165, 1.54) is 12.0 Å². The first kappa shape index (κ1) is 22.6. The lowest BCUT2D eigenvalue weighted by Gasteiger charge is -2.28. The third-order valence-electron chi connectivity index (χ3n) is 6.13. The topological polar surface area (TPSA) is 95.9 Å². The maximum atomic E-state index is 13.2. The van der Waals surface area contributed by atoms with Crippen LogP contribution in [0, 0.1) is 5.41 Å². The number of likely N-dealkylation sites (tertiary alicyclic amines) is 1. The number of aryl methyl sites for hydroxylation is 1. The molecule has 2 fully saturated rings. The minimum absolute atomic E-state index is 0.0990. The van der Waals surface area contributed by atoms with Crippen LogP contribution < -0.4 is 5.32 Å². The van der Waals surface area contributed by atoms with Gasteiger partial charge in [-0.2, -0.15) is 11.8 Å². The van der Waals surface area contributed by atoms with E-state index in [0.29, 0.717) is 25.8 Å². The number of benzene rings is 1. The smallest absolute Gasteiger partial charge is 0.326 e. The van der Waals surface area contributed by atoms with Gasteiger partial charge in [0.2, 0.25) is 5.91 Å². The lowest BCUT2D eigenvalue weighted by molar-refractivity contribution is -0.150. The van der Waals surface area contributed by atoms with Gasteiger partial charge >= 0.3 is 11.9 Å². The molecule has 0 bridgehead atoms. The third-order valence-corrected chi connectivity index (χ3v) is 7.44. The Balaban J connectivity index is 1.66. The maximum absolute atomic E-state index is 13.2. The number of hydrogen-bond acceptors (Lipinski definition) is 6. The van der Waals surface area contributed by atoms with Gasteiger partial charge in [0, 0.05) is 17.7 Å². The second-order valence-electron chi connectivity index (χ2n) is 8.32. The molecular weight excluding hydrogens is 404 g/mol. The van der Waals surface area contributed by atoms with E-state index in [9.17, 15) is 19.5 Å². The van der Waals surface area contributed by atoms with Crippen molar-refractivity contribution in [3.05, 3.63) is 35.9 Å². The van der Waals surface area contributed by atoms with Crippen LogP contribution in [-0.4, -0.2) is 71.1 Å². The Morgan fingerprint density at radius 3 is 2.67 bits per heavy atom. The highest BCUT2D eigenvalue weighted by Gasteiger charge is 2.50. The third kappa shape index (κ3) is 5.16. The fraction of sp³-hybridized carbons (Fsp3) is 0.591. The molecule has 2 N–H and O–H groups in total. The van der Waals surface area contributed by atoms with Crippen LogP contribution in [0.15, 0.2) is 30.3 Å². The molecule has 2 unspecified atom stereocenters. The highest BCUT2D eigenvalue weighted by Crippen LogP contribution is 2.46. The molecule has 4 atom stereocenters. The average molecular weight is 435 g/mol. The van der Waals surface area contributed by atoms with Crippen molar-refractivity contribution in [3.63, 3.8) is 0 Å². The van der Waals surface area contributed by atoms with Crippen LogP contribution in [0.25, 0.3) is 0 Å². The largest absolute Gasteiger partial charge is 0.480 e. The molecule has 30 heavy (non-hydrogen) atoms. The normalized spacial score (nSPS) is 25.3. The van der Waals surface area contributed by atoms with E-state index in [1.807, 2.05) is 42.1 Å². The Labute approximate surface area is 181 Å². The quantitative estimate of drug-likeness (QED) is 0.604. The first-order valence-corrected chi connectivity index (χ1v) is 11.5. The summed E-state index contributed by atoms with van der Waals surface area (Å²) in [4.78, 5) is 38.8. The van der Waals surface area contributed by atoms with Gasteiger partial charge in [-0.3, -0.25) is 14.9 Å². The van der Waals surface area contributed by atoms with Crippen LogP contribution in [0.4, 0.5) is 0 Å². The number of carbonyl (C=O) groups is 3. The van der Waals surface area contributed by atoms with Gasteiger partial charge in [-0.1, -0.05) is 30.3 Å². The summed E-state index contributed by atoms with van der Waals surface area (Å²) in [5.41, 5.74) is 0.997. The predicted molar refractivity (Wildman–Crippen MR) is 115 cm³/mol. The minimum Gasteiger partial charge on any atom is -0.480 e. The van der Waals surface area contributed by atoms with Gasteiger partial charge in [0.1, 0.15) is 12.1 Å². The highest BCUT2D eigenvalue weighted by molar-refractivity contribution is 7.99. The summed E-state index contributed by atoms with van der Waals surface area (Å²) in [5.74, 6) is 0.240. The zero-order valence-electron chi connectivity index (χ0n) is 17.5. The molecular formula is C22H30N2O5S. The molecule has 1 aromatic rings. The number of hydrogen-bond donors (Lipinski definition) is 2. The average Bonchev–Trinajstić information content (AvgIpc) is 3.37. The van der Waals surface area contributed by atoms with Crippen LogP contribution in [-0.2, 0) is 25.5 Å². The van der Waals surface area contributed by atoms with Gasteiger partial charge < -0.3 is 14.7 Å². The molecule has 0 aromatic heterocycles. The van der Waals surface area contributed by atoms with E-state index < -0.39 is 30.1 Å². The summed E-state index contributed by atoms with van der Waals surface area (Å²) in [6.07, 6.45) is 2.59. The lowest BCUT2D eigenvalue weighted by Crippen LogP contribution is -2.53. The number of esters is 1. The second kappa shape index (κ2) is 9.83. The van der Waals surface area contributed by atoms with Crippen LogP contribution in [0.1, 0.15) is 31.7 Å². The first-order chi connectivity index (χ1) is 14.3. The molecule has 7 nitrogen and oxygen atoms in total. The number of carboxylic acids is 1. The number of carboxylic acid groups (broad SMARTS) is 1. The van der Waals surface area contributed by atoms with Gasteiger partial charge in [0.25, 0.3) is 0 Å². The van der Waals surface area contributed by atoms with Crippen LogP contribution in [0.3, 0.4) is 0 Å². The summed E-state index contributed by atoms with van der Waals surface area (Å²) in [6.45, 7) is 2.16. The van der Waals surface area contributed by atoms with E-state index in [0.717, 1.165) is 23.5 Å². The summed E-state index contributed by atoms with van der Waals surface area (Å²) < 4.78 is 4.92. The first-order valence-electron chi connectivity index (χ1n) is 10.3. The number of thioether (sulfide) groups is 1. The standard InChI is InChI=1S/C22H30N2O5S/c1-15(23-17(21(28)29-2)9-8-16-6-4-3-5-7-16)19(25)24-13-22(10-11-30-14-22)12-18(24)20(26)27/h3-7,15,17-18,23H,8-14H2,1-2H3,(H,26,27)/t15-,17?,18-,22?/m0/s1. The lowest BCUT2D eigenvalue weighted by atomic mass is 9.85. The van der Waals surface area contributed by atoms with E-state index in [-0.39, 0.29) is 11.3 Å². The van der Waals surface area contributed by atoms with Crippen molar-refractivity contribution in [2.45, 2.75) is 50.7 Å². The number of amides is 1. The number of ether oxygens (including phenoxy) is 1. The molecule has 1 amide bonds. The summed E-state index contributed by atoms with van der Waals surface area (Å²) in [5, 5.41) is 12.8. The van der Waals surface area contributed by atoms with E-state index in [2.05, 4.69) is 5.32 Å². The molecule has 2 heterocycles. The molecule has 2 saturated heterocycles. The van der Waals surface area contributed by atoms with Crippen molar-refractivity contribution in [2.24, 2.45) is 5.41 Å². The Morgan fingerprint density at radius 2 is 2.07 bits per heavy atom. The number of carbonyl (C=O) groups excluding carboxylic acids is 2. The van der Waals surface area contributed by atoms with Gasteiger partial charge in [0.05, 0.1) is 13.2 Å². The Bertz CT molecular complexity index is 766. The van der Waals surface area contributed by atoms with Crippen LogP contribution in [0.5, 0.6) is 0 Å². The van der Waals surface area contributed by atoms with Gasteiger partial charge in [-0.25, -0.2) is 4.79 Å². The van der Waals surface area contributed by atoms with Gasteiger partial charge in [0.15, 0.2) is 0 Å².